The highest BCUT2D eigenvalue weighted by atomic mass is 16.5. The highest BCUT2D eigenvalue weighted by Gasteiger charge is 2.24. The van der Waals surface area contributed by atoms with Crippen molar-refractivity contribution in [2.45, 2.75) is 39.2 Å². The standard InChI is InChI=1S/C25H26N6O3/c1-15-7-19(17-8-21(23(33-4)27-9-17)34-13-16-5-6-16)29-20-12-30(24(32)22(15)20)18-10-28-31(11-18)25(2,3)14-26/h7-12,16,32H,5-6,13H2,1-4H3. The Bertz CT molecular complexity index is 1420. The van der Waals surface area contributed by atoms with E-state index in [-0.39, 0.29) is 5.88 Å². The van der Waals surface area contributed by atoms with Gasteiger partial charge in [0.25, 0.3) is 5.88 Å². The van der Waals surface area contributed by atoms with Crippen molar-refractivity contribution < 1.29 is 14.6 Å². The minimum Gasteiger partial charge on any atom is -0.494 e. The molecule has 4 aromatic rings. The van der Waals surface area contributed by atoms with Crippen molar-refractivity contribution in [3.63, 3.8) is 0 Å². The van der Waals surface area contributed by atoms with Gasteiger partial charge in [0.15, 0.2) is 5.75 Å². The number of fused-ring (bicyclic) bond motifs is 1. The minimum absolute atomic E-state index is 0.0715. The number of aromatic nitrogens is 5. The molecule has 1 fully saturated rings. The molecule has 174 valence electrons. The molecule has 1 N–H and O–H groups in total. The molecule has 0 saturated heterocycles. The lowest BCUT2D eigenvalue weighted by Gasteiger charge is -2.15. The summed E-state index contributed by atoms with van der Waals surface area (Å²) in [7, 11) is 1.58. The summed E-state index contributed by atoms with van der Waals surface area (Å²) in [6.07, 6.45) is 9.21. The molecule has 0 unspecified atom stereocenters. The lowest BCUT2D eigenvalue weighted by molar-refractivity contribution is 0.276. The van der Waals surface area contributed by atoms with E-state index in [9.17, 15) is 10.4 Å². The van der Waals surface area contributed by atoms with Gasteiger partial charge in [0.2, 0.25) is 5.88 Å². The lowest BCUT2D eigenvalue weighted by Crippen LogP contribution is -2.24. The van der Waals surface area contributed by atoms with Gasteiger partial charge >= 0.3 is 0 Å². The van der Waals surface area contributed by atoms with Crippen molar-refractivity contribution in [1.82, 2.24) is 24.3 Å². The second kappa shape index (κ2) is 8.06. The Balaban J connectivity index is 1.54. The summed E-state index contributed by atoms with van der Waals surface area (Å²) >= 11 is 0. The van der Waals surface area contributed by atoms with Gasteiger partial charge in [0.05, 0.1) is 54.5 Å². The van der Waals surface area contributed by atoms with Gasteiger partial charge in [-0.15, -0.1) is 0 Å². The third-order valence-corrected chi connectivity index (χ3v) is 6.12. The van der Waals surface area contributed by atoms with Crippen molar-refractivity contribution in [3.05, 3.63) is 42.5 Å². The molecule has 0 aromatic carbocycles. The van der Waals surface area contributed by atoms with Gasteiger partial charge in [0, 0.05) is 18.0 Å². The van der Waals surface area contributed by atoms with Crippen LogP contribution in [0.15, 0.2) is 36.9 Å². The Morgan fingerprint density at radius 1 is 1.24 bits per heavy atom. The number of ether oxygens (including phenoxy) is 2. The molecule has 0 radical (unpaired) electrons. The fourth-order valence-electron chi connectivity index (χ4n) is 3.85. The van der Waals surface area contributed by atoms with Crippen molar-refractivity contribution in [1.29, 1.82) is 5.26 Å². The van der Waals surface area contributed by atoms with E-state index < -0.39 is 5.54 Å². The Kier molecular flexibility index (Phi) is 5.16. The molecule has 0 aliphatic heterocycles. The van der Waals surface area contributed by atoms with Crippen molar-refractivity contribution >= 4 is 10.9 Å². The maximum absolute atomic E-state index is 11.0. The summed E-state index contributed by atoms with van der Waals surface area (Å²) in [5.41, 5.74) is 2.86. The maximum atomic E-state index is 11.0. The number of pyridine rings is 2. The second-order valence-corrected chi connectivity index (χ2v) is 9.21. The monoisotopic (exact) mass is 458 g/mol. The Labute approximate surface area is 197 Å². The fraction of sp³-hybridized carbons (Fsp3) is 0.360. The van der Waals surface area contributed by atoms with Gasteiger partial charge in [-0.2, -0.15) is 10.4 Å². The van der Waals surface area contributed by atoms with E-state index in [0.29, 0.717) is 40.7 Å². The van der Waals surface area contributed by atoms with Crippen molar-refractivity contribution in [3.8, 4) is 40.5 Å². The zero-order chi connectivity index (χ0) is 24.0. The summed E-state index contributed by atoms with van der Waals surface area (Å²) in [5, 5.41) is 25.3. The zero-order valence-corrected chi connectivity index (χ0v) is 19.6. The molecule has 0 spiro atoms. The van der Waals surface area contributed by atoms with Crippen LogP contribution in [0.2, 0.25) is 0 Å². The molecule has 0 amide bonds. The SMILES string of the molecule is COc1ncc(-c2cc(C)c3c(O)n(-c4cnn(C(C)(C)C#N)c4)cc3n2)cc1OCC1CC1. The highest BCUT2D eigenvalue weighted by Crippen LogP contribution is 2.37. The number of aromatic hydroxyl groups is 1. The van der Waals surface area contributed by atoms with Gasteiger partial charge in [-0.1, -0.05) is 0 Å². The van der Waals surface area contributed by atoms with Crippen LogP contribution in [0.4, 0.5) is 0 Å². The first-order valence-electron chi connectivity index (χ1n) is 11.2. The smallest absolute Gasteiger partial charge is 0.256 e. The van der Waals surface area contributed by atoms with Crippen LogP contribution in [0.1, 0.15) is 32.3 Å². The first-order valence-corrected chi connectivity index (χ1v) is 11.2. The number of nitriles is 1. The molecule has 34 heavy (non-hydrogen) atoms. The number of nitrogens with zero attached hydrogens (tertiary/aromatic N) is 6. The van der Waals surface area contributed by atoms with E-state index in [1.54, 1.807) is 55.0 Å². The number of methoxy groups -OCH3 is 1. The largest absolute Gasteiger partial charge is 0.494 e. The van der Waals surface area contributed by atoms with Crippen LogP contribution in [-0.4, -0.2) is 43.1 Å². The summed E-state index contributed by atoms with van der Waals surface area (Å²) < 4.78 is 14.5. The Hall–Kier alpha value is -4.06. The molecule has 0 bridgehead atoms. The van der Waals surface area contributed by atoms with E-state index in [1.807, 2.05) is 19.1 Å². The maximum Gasteiger partial charge on any atom is 0.256 e. The van der Waals surface area contributed by atoms with Crippen LogP contribution in [0.3, 0.4) is 0 Å². The molecule has 4 aromatic heterocycles. The molecule has 1 saturated carbocycles. The van der Waals surface area contributed by atoms with Gasteiger partial charge in [-0.3, -0.25) is 9.25 Å². The Morgan fingerprint density at radius 3 is 2.74 bits per heavy atom. The van der Waals surface area contributed by atoms with Gasteiger partial charge in [0.1, 0.15) is 5.54 Å². The molecule has 0 atom stereocenters. The summed E-state index contributed by atoms with van der Waals surface area (Å²) in [6, 6.07) is 6.04. The summed E-state index contributed by atoms with van der Waals surface area (Å²) in [5.74, 6) is 1.72. The van der Waals surface area contributed by atoms with E-state index in [1.165, 1.54) is 12.8 Å². The average Bonchev–Trinajstić information content (AvgIpc) is 3.41. The second-order valence-electron chi connectivity index (χ2n) is 9.21. The van der Waals surface area contributed by atoms with Crippen LogP contribution < -0.4 is 9.47 Å². The molecular formula is C25H26N6O3. The van der Waals surface area contributed by atoms with Gasteiger partial charge < -0.3 is 14.6 Å². The van der Waals surface area contributed by atoms with Crippen LogP contribution in [0, 0.1) is 24.2 Å². The predicted molar refractivity (Wildman–Crippen MR) is 126 cm³/mol. The molecular weight excluding hydrogens is 432 g/mol. The summed E-state index contributed by atoms with van der Waals surface area (Å²) in [6.45, 7) is 6.14. The fourth-order valence-corrected chi connectivity index (χ4v) is 3.85. The van der Waals surface area contributed by atoms with Crippen LogP contribution >= 0.6 is 0 Å². The normalized spacial score (nSPS) is 13.7. The van der Waals surface area contributed by atoms with E-state index in [2.05, 4.69) is 16.2 Å². The first-order chi connectivity index (χ1) is 16.3. The number of hydrogen-bond donors (Lipinski definition) is 1. The van der Waals surface area contributed by atoms with Gasteiger partial charge in [-0.05, 0) is 57.2 Å². The number of rotatable bonds is 7. The predicted octanol–water partition coefficient (Wildman–Crippen LogP) is 4.35. The highest BCUT2D eigenvalue weighted by molar-refractivity contribution is 5.90. The minimum atomic E-state index is -0.803. The number of hydrogen-bond acceptors (Lipinski definition) is 7. The third kappa shape index (κ3) is 3.81. The average molecular weight is 459 g/mol. The van der Waals surface area contributed by atoms with E-state index in [4.69, 9.17) is 14.5 Å². The topological polar surface area (TPSA) is 111 Å². The number of aryl methyl sites for hydroxylation is 1. The Morgan fingerprint density at radius 2 is 2.03 bits per heavy atom. The van der Waals surface area contributed by atoms with Crippen molar-refractivity contribution in [2.24, 2.45) is 5.92 Å². The molecule has 9 heteroatoms. The molecule has 9 nitrogen and oxygen atoms in total. The zero-order valence-electron chi connectivity index (χ0n) is 19.6. The van der Waals surface area contributed by atoms with E-state index in [0.717, 1.165) is 16.8 Å². The van der Waals surface area contributed by atoms with Crippen LogP contribution in [0.5, 0.6) is 17.5 Å². The van der Waals surface area contributed by atoms with Crippen LogP contribution in [-0.2, 0) is 5.54 Å². The van der Waals surface area contributed by atoms with Crippen molar-refractivity contribution in [2.75, 3.05) is 13.7 Å². The summed E-state index contributed by atoms with van der Waals surface area (Å²) in [4.78, 5) is 9.20. The third-order valence-electron chi connectivity index (χ3n) is 6.12. The molecule has 1 aliphatic rings. The van der Waals surface area contributed by atoms with Crippen LogP contribution in [0.25, 0.3) is 27.8 Å². The van der Waals surface area contributed by atoms with E-state index >= 15 is 0 Å². The lowest BCUT2D eigenvalue weighted by atomic mass is 10.1. The first kappa shape index (κ1) is 21.8. The molecule has 4 heterocycles. The molecule has 1 aliphatic carbocycles. The quantitative estimate of drug-likeness (QED) is 0.438. The van der Waals surface area contributed by atoms with Gasteiger partial charge in [-0.25, -0.2) is 9.97 Å². The molecule has 5 rings (SSSR count).